The summed E-state index contributed by atoms with van der Waals surface area (Å²) in [6.07, 6.45) is 10.3. The summed E-state index contributed by atoms with van der Waals surface area (Å²) in [6, 6.07) is 9.48. The molecular formula is C29H52N3U-. The maximum absolute atomic E-state index is 5.72. The van der Waals surface area contributed by atoms with Gasteiger partial charge in [-0.25, -0.2) is 4.99 Å². The standard InChI is InChI=1S/C15H18N3.C10H22.2C2H6.U/c1-10(2)12-4-6-13(7-5-12)15-11(3)18-14(16)8-9-17-15;1-4-6-7-8-9-10(3)5-2;2*1-2;/h4-6,8,10H,9,16H2,1-3H3;10H,4-9H2,1-3H3;2*1-2H3;/q-1;;;;/t;10-;;;/m.1.../s1. The maximum atomic E-state index is 5.72. The van der Waals surface area contributed by atoms with Crippen molar-refractivity contribution in [2.45, 2.75) is 114 Å². The number of nitrogens with zero attached hydrogens (tertiary/aromatic N) is 2. The molecule has 1 aliphatic heterocycles. The normalized spacial score (nSPS) is 13.1. The molecule has 0 radical (unpaired) electrons. The molecule has 4 heteroatoms. The van der Waals surface area contributed by atoms with E-state index in [0.717, 1.165) is 22.9 Å². The summed E-state index contributed by atoms with van der Waals surface area (Å²) in [7, 11) is 0. The molecule has 0 amide bonds. The van der Waals surface area contributed by atoms with E-state index >= 15 is 0 Å². The SMILES string of the molecule is CC.CC.CC1=NC(N)=CCN=C1c1[c-]cc(C(C)C)cc1.CCCCCC[C@H](C)CC.[U]. The predicted octanol–water partition coefficient (Wildman–Crippen LogP) is 8.73. The summed E-state index contributed by atoms with van der Waals surface area (Å²) < 4.78 is 0. The van der Waals surface area contributed by atoms with Crippen molar-refractivity contribution in [3.05, 3.63) is 47.3 Å². The number of aliphatic imine (C=N–C) groups is 2. The zero-order chi connectivity index (χ0) is 24.9. The van der Waals surface area contributed by atoms with Crippen LogP contribution in [0.5, 0.6) is 0 Å². The van der Waals surface area contributed by atoms with Gasteiger partial charge in [-0.2, -0.15) is 0 Å². The Morgan fingerprint density at radius 1 is 1.00 bits per heavy atom. The molecule has 1 aromatic rings. The molecule has 0 fully saturated rings. The van der Waals surface area contributed by atoms with Crippen LogP contribution in [-0.4, -0.2) is 18.0 Å². The molecule has 2 N–H and O–H groups in total. The van der Waals surface area contributed by atoms with Gasteiger partial charge in [0, 0.05) is 42.5 Å². The van der Waals surface area contributed by atoms with Gasteiger partial charge in [-0.15, -0.1) is 35.4 Å². The van der Waals surface area contributed by atoms with Gasteiger partial charge in [-0.3, -0.25) is 0 Å². The van der Waals surface area contributed by atoms with E-state index in [0.29, 0.717) is 18.3 Å². The topological polar surface area (TPSA) is 50.7 Å². The molecule has 0 spiro atoms. The monoisotopic (exact) mass is 680 g/mol. The van der Waals surface area contributed by atoms with Gasteiger partial charge in [0.15, 0.2) is 0 Å². The van der Waals surface area contributed by atoms with Crippen molar-refractivity contribution in [1.29, 1.82) is 0 Å². The summed E-state index contributed by atoms with van der Waals surface area (Å²) in [5, 5.41) is 0. The number of unbranched alkanes of at least 4 members (excludes halogenated alkanes) is 3. The third kappa shape index (κ3) is 17.3. The molecule has 0 aromatic heterocycles. The van der Waals surface area contributed by atoms with Gasteiger partial charge in [0.2, 0.25) is 0 Å². The Balaban J connectivity index is -0.000000517. The first-order valence-corrected chi connectivity index (χ1v) is 13.0. The molecule has 33 heavy (non-hydrogen) atoms. The Labute approximate surface area is 230 Å². The van der Waals surface area contributed by atoms with Crippen LogP contribution in [0.1, 0.15) is 125 Å². The minimum absolute atomic E-state index is 0. The van der Waals surface area contributed by atoms with Crippen LogP contribution in [0.15, 0.2) is 40.1 Å². The fraction of sp³-hybridized carbons (Fsp3) is 0.655. The van der Waals surface area contributed by atoms with Crippen molar-refractivity contribution in [2.24, 2.45) is 21.6 Å². The van der Waals surface area contributed by atoms with Gasteiger partial charge in [0.05, 0.1) is 6.54 Å². The molecule has 1 heterocycles. The van der Waals surface area contributed by atoms with Gasteiger partial charge >= 0.3 is 0 Å². The summed E-state index contributed by atoms with van der Waals surface area (Å²) in [5.74, 6) is 2.00. The summed E-state index contributed by atoms with van der Waals surface area (Å²) in [4.78, 5) is 8.79. The molecule has 0 saturated carbocycles. The van der Waals surface area contributed by atoms with E-state index in [9.17, 15) is 0 Å². The van der Waals surface area contributed by atoms with Gasteiger partial charge in [0.1, 0.15) is 5.82 Å². The zero-order valence-electron chi connectivity index (χ0n) is 23.4. The first-order chi connectivity index (χ1) is 15.4. The average molecular weight is 681 g/mol. The molecule has 0 saturated heterocycles. The van der Waals surface area contributed by atoms with Crippen LogP contribution in [0.25, 0.3) is 0 Å². The second-order valence-corrected chi connectivity index (χ2v) is 8.07. The van der Waals surface area contributed by atoms with Crippen LogP contribution in [0, 0.1) is 43.1 Å². The number of rotatable bonds is 8. The van der Waals surface area contributed by atoms with Crippen LogP contribution >= 0.6 is 0 Å². The van der Waals surface area contributed by atoms with Crippen molar-refractivity contribution < 1.29 is 31.1 Å². The molecule has 0 unspecified atom stereocenters. The molecule has 0 aliphatic carbocycles. The first-order valence-electron chi connectivity index (χ1n) is 13.0. The molecule has 1 atom stereocenters. The van der Waals surface area contributed by atoms with E-state index in [2.05, 4.69) is 62.8 Å². The van der Waals surface area contributed by atoms with Gasteiger partial charge in [-0.05, 0) is 18.9 Å². The predicted molar refractivity (Wildman–Crippen MR) is 147 cm³/mol. The molecule has 2 rings (SSSR count). The summed E-state index contributed by atoms with van der Waals surface area (Å²) in [5.41, 5.74) is 9.69. The van der Waals surface area contributed by atoms with E-state index in [1.54, 1.807) is 0 Å². The van der Waals surface area contributed by atoms with Gasteiger partial charge < -0.3 is 10.7 Å². The van der Waals surface area contributed by atoms with Gasteiger partial charge in [-0.1, -0.05) is 107 Å². The molecule has 188 valence electrons. The Morgan fingerprint density at radius 2 is 1.64 bits per heavy atom. The smallest absolute Gasteiger partial charge is 0.120 e. The number of nitrogens with two attached hydrogens (primary N) is 1. The number of benzene rings is 1. The summed E-state index contributed by atoms with van der Waals surface area (Å²) >= 11 is 0. The quantitative estimate of drug-likeness (QED) is 0.217. The van der Waals surface area contributed by atoms with Crippen LogP contribution in [-0.2, 0) is 0 Å². The van der Waals surface area contributed by atoms with Crippen LogP contribution < -0.4 is 5.73 Å². The van der Waals surface area contributed by atoms with Gasteiger partial charge in [0.25, 0.3) is 0 Å². The Hall–Kier alpha value is -0.848. The molecule has 1 aliphatic rings. The molecule has 1 aromatic carbocycles. The minimum Gasteiger partial charge on any atom is -0.384 e. The van der Waals surface area contributed by atoms with Crippen LogP contribution in [0.2, 0.25) is 0 Å². The molecular weight excluding hydrogens is 628 g/mol. The fourth-order valence-electron chi connectivity index (χ4n) is 2.98. The Morgan fingerprint density at radius 3 is 2.12 bits per heavy atom. The summed E-state index contributed by atoms with van der Waals surface area (Å²) in [6.45, 7) is 21.7. The van der Waals surface area contributed by atoms with E-state index in [1.165, 1.54) is 44.1 Å². The van der Waals surface area contributed by atoms with E-state index < -0.39 is 0 Å². The number of hydrogen-bond acceptors (Lipinski definition) is 3. The molecule has 0 bridgehead atoms. The van der Waals surface area contributed by atoms with E-state index in [4.69, 9.17) is 5.73 Å². The van der Waals surface area contributed by atoms with E-state index in [-0.39, 0.29) is 31.1 Å². The second kappa shape index (κ2) is 24.3. The third-order valence-electron chi connectivity index (χ3n) is 5.20. The van der Waals surface area contributed by atoms with Crippen LogP contribution in [0.4, 0.5) is 0 Å². The first kappa shape index (κ1) is 36.7. The largest absolute Gasteiger partial charge is 0.384 e. The molecule has 3 nitrogen and oxygen atoms in total. The second-order valence-electron chi connectivity index (χ2n) is 8.07. The third-order valence-corrected chi connectivity index (χ3v) is 5.20. The zero-order valence-corrected chi connectivity index (χ0v) is 27.5. The number of hydrogen-bond donors (Lipinski definition) is 1. The fourth-order valence-corrected chi connectivity index (χ4v) is 2.98. The maximum Gasteiger partial charge on any atom is 0.120 e. The van der Waals surface area contributed by atoms with E-state index in [1.807, 2.05) is 46.8 Å². The van der Waals surface area contributed by atoms with Crippen molar-refractivity contribution in [1.82, 2.24) is 0 Å². The van der Waals surface area contributed by atoms with Crippen LogP contribution in [0.3, 0.4) is 0 Å². The Kier molecular flexibility index (Phi) is 27.0. The van der Waals surface area contributed by atoms with Crippen molar-refractivity contribution in [2.75, 3.05) is 6.54 Å². The van der Waals surface area contributed by atoms with Crippen molar-refractivity contribution >= 4 is 11.4 Å². The van der Waals surface area contributed by atoms with Crippen molar-refractivity contribution in [3.63, 3.8) is 0 Å². The Bertz CT molecular complexity index is 658. The van der Waals surface area contributed by atoms with Crippen molar-refractivity contribution in [3.8, 4) is 0 Å². The average Bonchev–Trinajstić information content (AvgIpc) is 2.99. The minimum atomic E-state index is 0.